The van der Waals surface area contributed by atoms with E-state index in [2.05, 4.69) is 0 Å². The summed E-state index contributed by atoms with van der Waals surface area (Å²) in [6.07, 6.45) is 0. The van der Waals surface area contributed by atoms with E-state index in [1.807, 2.05) is 51.1 Å². The van der Waals surface area contributed by atoms with Gasteiger partial charge in [-0.25, -0.2) is 0 Å². The van der Waals surface area contributed by atoms with Crippen LogP contribution in [0.3, 0.4) is 0 Å². The number of benzene rings is 2. The van der Waals surface area contributed by atoms with Crippen LogP contribution in [0, 0.1) is 20.8 Å². The summed E-state index contributed by atoms with van der Waals surface area (Å²) < 4.78 is 0. The first-order valence-corrected chi connectivity index (χ1v) is 6.24. The van der Waals surface area contributed by atoms with E-state index < -0.39 is 0 Å². The smallest absolute Gasteiger partial charge is 0.193 e. The van der Waals surface area contributed by atoms with Crippen molar-refractivity contribution in [1.29, 1.82) is 0 Å². The van der Waals surface area contributed by atoms with E-state index in [0.29, 0.717) is 16.1 Å². The van der Waals surface area contributed by atoms with Crippen molar-refractivity contribution >= 4 is 17.4 Å². The Morgan fingerprint density at radius 3 is 2.22 bits per heavy atom. The number of rotatable bonds is 2. The van der Waals surface area contributed by atoms with Gasteiger partial charge in [0.05, 0.1) is 0 Å². The number of carbonyl (C=O) groups is 1. The Morgan fingerprint density at radius 1 is 0.889 bits per heavy atom. The van der Waals surface area contributed by atoms with Crippen molar-refractivity contribution in [3.05, 3.63) is 69.2 Å². The summed E-state index contributed by atoms with van der Waals surface area (Å²) in [6.45, 7) is 5.98. The molecule has 0 saturated heterocycles. The first-order valence-electron chi connectivity index (χ1n) is 5.86. The van der Waals surface area contributed by atoms with Crippen LogP contribution in [0.1, 0.15) is 32.6 Å². The van der Waals surface area contributed by atoms with Crippen LogP contribution in [-0.4, -0.2) is 5.78 Å². The Morgan fingerprint density at radius 2 is 1.61 bits per heavy atom. The fourth-order valence-corrected chi connectivity index (χ4v) is 2.21. The van der Waals surface area contributed by atoms with Crippen molar-refractivity contribution in [1.82, 2.24) is 0 Å². The fraction of sp³-hybridized carbons (Fsp3) is 0.188. The highest BCUT2D eigenvalue weighted by atomic mass is 35.5. The summed E-state index contributed by atoms with van der Waals surface area (Å²) in [5.74, 6) is 0.0173. The molecule has 0 N–H and O–H groups in total. The van der Waals surface area contributed by atoms with Crippen LogP contribution in [0.5, 0.6) is 0 Å². The van der Waals surface area contributed by atoms with Crippen LogP contribution in [0.2, 0.25) is 5.02 Å². The van der Waals surface area contributed by atoms with Gasteiger partial charge in [-0.05, 0) is 61.7 Å². The topological polar surface area (TPSA) is 17.1 Å². The molecule has 2 rings (SSSR count). The zero-order valence-electron chi connectivity index (χ0n) is 10.8. The third kappa shape index (κ3) is 2.62. The molecular formula is C16H15ClO. The van der Waals surface area contributed by atoms with Gasteiger partial charge in [0.25, 0.3) is 0 Å². The van der Waals surface area contributed by atoms with Gasteiger partial charge in [0.1, 0.15) is 0 Å². The molecule has 1 nitrogen and oxygen atoms in total. The van der Waals surface area contributed by atoms with Crippen LogP contribution in [-0.2, 0) is 0 Å². The summed E-state index contributed by atoms with van der Waals surface area (Å²) in [6, 6.07) is 11.2. The Labute approximate surface area is 112 Å². The molecule has 0 spiro atoms. The summed E-state index contributed by atoms with van der Waals surface area (Å²) in [7, 11) is 0. The third-order valence-corrected chi connectivity index (χ3v) is 3.29. The van der Waals surface area contributed by atoms with E-state index in [-0.39, 0.29) is 5.78 Å². The molecule has 0 bridgehead atoms. The molecule has 2 aromatic rings. The molecule has 0 saturated carbocycles. The Kier molecular flexibility index (Phi) is 3.53. The molecule has 0 fully saturated rings. The summed E-state index contributed by atoms with van der Waals surface area (Å²) >= 11 is 5.99. The molecule has 2 heteroatoms. The second-order valence-corrected chi connectivity index (χ2v) is 5.08. The van der Waals surface area contributed by atoms with E-state index in [1.165, 1.54) is 5.56 Å². The molecule has 2 aromatic carbocycles. The number of aryl methyl sites for hydroxylation is 3. The maximum Gasteiger partial charge on any atom is 0.193 e. The lowest BCUT2D eigenvalue weighted by Gasteiger charge is -2.06. The Balaban J connectivity index is 2.44. The molecule has 0 radical (unpaired) electrons. The molecule has 0 amide bonds. The molecule has 0 atom stereocenters. The van der Waals surface area contributed by atoms with Gasteiger partial charge in [-0.3, -0.25) is 4.79 Å². The highest BCUT2D eigenvalue weighted by molar-refractivity contribution is 6.31. The number of carbonyl (C=O) groups excluding carboxylic acids is 1. The van der Waals surface area contributed by atoms with E-state index in [0.717, 1.165) is 11.1 Å². The molecule has 0 aliphatic carbocycles. The maximum absolute atomic E-state index is 12.4. The van der Waals surface area contributed by atoms with Gasteiger partial charge in [0, 0.05) is 16.1 Å². The number of hydrogen-bond donors (Lipinski definition) is 0. The Hall–Kier alpha value is -1.60. The lowest BCUT2D eigenvalue weighted by molar-refractivity contribution is 0.103. The molecule has 0 unspecified atom stereocenters. The van der Waals surface area contributed by atoms with E-state index in [4.69, 9.17) is 11.6 Å². The van der Waals surface area contributed by atoms with Gasteiger partial charge < -0.3 is 0 Å². The number of halogens is 1. The van der Waals surface area contributed by atoms with Gasteiger partial charge in [-0.2, -0.15) is 0 Å². The lowest BCUT2D eigenvalue weighted by atomic mass is 9.98. The molecule has 0 aromatic heterocycles. The van der Waals surface area contributed by atoms with Gasteiger partial charge in [-0.15, -0.1) is 0 Å². The van der Waals surface area contributed by atoms with Crippen molar-refractivity contribution in [3.8, 4) is 0 Å². The first kappa shape index (κ1) is 12.8. The Bertz CT molecular complexity index is 594. The average Bonchev–Trinajstić information content (AvgIpc) is 2.30. The third-order valence-electron chi connectivity index (χ3n) is 3.07. The van der Waals surface area contributed by atoms with Gasteiger partial charge >= 0.3 is 0 Å². The first-order chi connectivity index (χ1) is 8.47. The van der Waals surface area contributed by atoms with Gasteiger partial charge in [0.2, 0.25) is 0 Å². The molecular weight excluding hydrogens is 244 g/mol. The summed E-state index contributed by atoms with van der Waals surface area (Å²) in [5, 5.41) is 0.599. The van der Waals surface area contributed by atoms with Gasteiger partial charge in [-0.1, -0.05) is 23.7 Å². The second kappa shape index (κ2) is 4.95. The van der Waals surface area contributed by atoms with E-state index >= 15 is 0 Å². The van der Waals surface area contributed by atoms with Gasteiger partial charge in [0.15, 0.2) is 5.78 Å². The highest BCUT2D eigenvalue weighted by Crippen LogP contribution is 2.19. The maximum atomic E-state index is 12.4. The number of hydrogen-bond acceptors (Lipinski definition) is 1. The largest absolute Gasteiger partial charge is 0.289 e. The minimum Gasteiger partial charge on any atom is -0.289 e. The normalized spacial score (nSPS) is 10.4. The standard InChI is InChI=1S/C16H15ClO/c1-10-6-14(9-15(17)7-10)16(18)13-5-4-11(2)12(3)8-13/h4-9H,1-3H3. The predicted octanol–water partition coefficient (Wildman–Crippen LogP) is 4.50. The molecule has 0 heterocycles. The second-order valence-electron chi connectivity index (χ2n) is 4.65. The molecule has 92 valence electrons. The average molecular weight is 259 g/mol. The zero-order chi connectivity index (χ0) is 13.3. The van der Waals surface area contributed by atoms with E-state index in [9.17, 15) is 4.79 Å². The molecule has 0 aliphatic heterocycles. The number of ketones is 1. The SMILES string of the molecule is Cc1cc(Cl)cc(C(=O)c2ccc(C)c(C)c2)c1. The molecule has 18 heavy (non-hydrogen) atoms. The van der Waals surface area contributed by atoms with Crippen LogP contribution >= 0.6 is 11.6 Å². The van der Waals surface area contributed by atoms with Crippen LogP contribution in [0.15, 0.2) is 36.4 Å². The van der Waals surface area contributed by atoms with Crippen LogP contribution in [0.25, 0.3) is 0 Å². The quantitative estimate of drug-likeness (QED) is 0.725. The van der Waals surface area contributed by atoms with Crippen molar-refractivity contribution < 1.29 is 4.79 Å². The highest BCUT2D eigenvalue weighted by Gasteiger charge is 2.11. The summed E-state index contributed by atoms with van der Waals surface area (Å²) in [4.78, 5) is 12.4. The van der Waals surface area contributed by atoms with Crippen LogP contribution < -0.4 is 0 Å². The monoisotopic (exact) mass is 258 g/mol. The zero-order valence-corrected chi connectivity index (χ0v) is 11.5. The van der Waals surface area contributed by atoms with Crippen molar-refractivity contribution in [3.63, 3.8) is 0 Å². The van der Waals surface area contributed by atoms with E-state index in [1.54, 1.807) is 6.07 Å². The van der Waals surface area contributed by atoms with Crippen molar-refractivity contribution in [2.75, 3.05) is 0 Å². The molecule has 0 aliphatic rings. The summed E-state index contributed by atoms with van der Waals surface area (Å²) in [5.41, 5.74) is 4.66. The van der Waals surface area contributed by atoms with Crippen molar-refractivity contribution in [2.24, 2.45) is 0 Å². The predicted molar refractivity (Wildman–Crippen MR) is 75.5 cm³/mol. The minimum atomic E-state index is 0.0173. The van der Waals surface area contributed by atoms with Crippen LogP contribution in [0.4, 0.5) is 0 Å². The fourth-order valence-electron chi connectivity index (χ4n) is 1.92. The van der Waals surface area contributed by atoms with Crippen molar-refractivity contribution in [2.45, 2.75) is 20.8 Å². The minimum absolute atomic E-state index is 0.0173. The lowest BCUT2D eigenvalue weighted by Crippen LogP contribution is -2.02.